The van der Waals surface area contributed by atoms with Crippen LogP contribution in [0.25, 0.3) is 0 Å². The Balaban J connectivity index is 3.01. The molecule has 0 aromatic carbocycles. The van der Waals surface area contributed by atoms with Gasteiger partial charge in [0.1, 0.15) is 12.3 Å². The lowest BCUT2D eigenvalue weighted by Gasteiger charge is -2.30. The van der Waals surface area contributed by atoms with Crippen molar-refractivity contribution in [1.82, 2.24) is 4.90 Å². The number of hydrogen-bond acceptors (Lipinski definition) is 8. The quantitative estimate of drug-likeness (QED) is 0.558. The summed E-state index contributed by atoms with van der Waals surface area (Å²) in [5.74, 6) is -1.22. The molecule has 1 aliphatic rings. The Kier molecular flexibility index (Phi) is 6.89. The van der Waals surface area contributed by atoms with Crippen molar-refractivity contribution in [1.29, 1.82) is 0 Å². The molecular formula is C13H18N2O7S. The maximum absolute atomic E-state index is 12.3. The molecule has 1 atom stereocenters. The molecule has 1 aliphatic heterocycles. The first kappa shape index (κ1) is 18.8. The second-order valence-corrected chi connectivity index (χ2v) is 5.52. The number of amides is 2. The lowest BCUT2D eigenvalue weighted by Crippen LogP contribution is -2.39. The van der Waals surface area contributed by atoms with E-state index in [2.05, 4.69) is 0 Å². The summed E-state index contributed by atoms with van der Waals surface area (Å²) in [6, 6.07) is 0. The van der Waals surface area contributed by atoms with Gasteiger partial charge in [-0.2, -0.15) is 0 Å². The van der Waals surface area contributed by atoms with Crippen LogP contribution < -0.4 is 5.73 Å². The molecule has 0 spiro atoms. The summed E-state index contributed by atoms with van der Waals surface area (Å²) in [5, 5.41) is 0. The van der Waals surface area contributed by atoms with Gasteiger partial charge in [-0.05, 0) is 0 Å². The van der Waals surface area contributed by atoms with Crippen LogP contribution in [0.1, 0.15) is 20.8 Å². The first-order valence-corrected chi connectivity index (χ1v) is 7.76. The average Bonchev–Trinajstić information content (AvgIpc) is 2.43. The van der Waals surface area contributed by atoms with E-state index in [9.17, 15) is 19.2 Å². The van der Waals surface area contributed by atoms with Crippen molar-refractivity contribution in [3.63, 3.8) is 0 Å². The van der Waals surface area contributed by atoms with Crippen LogP contribution in [0.4, 0.5) is 4.79 Å². The maximum Gasteiger partial charge on any atom is 0.404 e. The van der Waals surface area contributed by atoms with Gasteiger partial charge in [0.25, 0.3) is 0 Å². The highest BCUT2D eigenvalue weighted by Gasteiger charge is 2.31. The zero-order chi connectivity index (χ0) is 17.6. The molecule has 0 aliphatic carbocycles. The van der Waals surface area contributed by atoms with Gasteiger partial charge in [0, 0.05) is 32.1 Å². The van der Waals surface area contributed by atoms with Crippen molar-refractivity contribution in [3.8, 4) is 0 Å². The molecular weight excluding hydrogens is 328 g/mol. The second kappa shape index (κ2) is 8.42. The van der Waals surface area contributed by atoms with E-state index in [0.717, 1.165) is 0 Å². The van der Waals surface area contributed by atoms with E-state index in [1.54, 1.807) is 0 Å². The highest BCUT2D eigenvalue weighted by molar-refractivity contribution is 7.99. The number of esters is 2. The monoisotopic (exact) mass is 346 g/mol. The predicted octanol–water partition coefficient (Wildman–Crippen LogP) is 0.341. The van der Waals surface area contributed by atoms with Gasteiger partial charge in [-0.1, -0.05) is 0 Å². The number of nitrogens with zero attached hydrogens (tertiary/aromatic N) is 1. The molecule has 0 aromatic heterocycles. The van der Waals surface area contributed by atoms with Crippen molar-refractivity contribution in [3.05, 3.63) is 11.3 Å². The molecule has 2 amide bonds. The summed E-state index contributed by atoms with van der Waals surface area (Å²) in [5.41, 5.74) is 5.27. The first-order chi connectivity index (χ1) is 10.7. The predicted molar refractivity (Wildman–Crippen MR) is 79.7 cm³/mol. The minimum atomic E-state index is -1.12. The van der Waals surface area contributed by atoms with Crippen molar-refractivity contribution in [2.75, 3.05) is 18.2 Å². The Morgan fingerprint density at radius 1 is 1.26 bits per heavy atom. The Morgan fingerprint density at radius 3 is 2.43 bits per heavy atom. The summed E-state index contributed by atoms with van der Waals surface area (Å²) >= 11 is 1.36. The number of thioether (sulfide) groups is 1. The number of rotatable bonds is 5. The number of hydrogen-bond donors (Lipinski definition) is 1. The fourth-order valence-corrected chi connectivity index (χ4v) is 2.87. The topological polar surface area (TPSA) is 125 Å². The minimum Gasteiger partial charge on any atom is -0.445 e. The average molecular weight is 346 g/mol. The Bertz CT molecular complexity index is 546. The van der Waals surface area contributed by atoms with Crippen LogP contribution in [0, 0.1) is 0 Å². The molecule has 1 heterocycles. The van der Waals surface area contributed by atoms with Crippen LogP contribution in [0.3, 0.4) is 0 Å². The maximum atomic E-state index is 12.3. The molecule has 0 bridgehead atoms. The summed E-state index contributed by atoms with van der Waals surface area (Å²) in [6.45, 7) is 3.60. The molecule has 128 valence electrons. The zero-order valence-corrected chi connectivity index (χ0v) is 13.8. The van der Waals surface area contributed by atoms with Gasteiger partial charge < -0.3 is 19.9 Å². The number of nitrogens with two attached hydrogens (primary N) is 1. The van der Waals surface area contributed by atoms with Gasteiger partial charge in [-0.3, -0.25) is 14.5 Å². The minimum absolute atomic E-state index is 0.0310. The number of primary amides is 1. The van der Waals surface area contributed by atoms with E-state index in [0.29, 0.717) is 11.3 Å². The number of carbonyl (C=O) groups excluding carboxylic acids is 4. The van der Waals surface area contributed by atoms with Gasteiger partial charge in [0.15, 0.2) is 0 Å². The van der Waals surface area contributed by atoms with E-state index < -0.39 is 24.3 Å². The number of carbonyl (C=O) groups is 4. The smallest absolute Gasteiger partial charge is 0.404 e. The van der Waals surface area contributed by atoms with Crippen molar-refractivity contribution >= 4 is 35.7 Å². The third kappa shape index (κ3) is 5.81. The molecule has 0 radical (unpaired) electrons. The molecule has 9 nitrogen and oxygen atoms in total. The third-order valence-electron chi connectivity index (χ3n) is 2.67. The summed E-state index contributed by atoms with van der Waals surface area (Å²) in [7, 11) is 0. The lowest BCUT2D eigenvalue weighted by atomic mass is 10.2. The Hall–Kier alpha value is -2.23. The molecule has 2 N–H and O–H groups in total. The van der Waals surface area contributed by atoms with Crippen molar-refractivity contribution in [2.45, 2.75) is 27.1 Å². The van der Waals surface area contributed by atoms with E-state index in [1.807, 2.05) is 0 Å². The van der Waals surface area contributed by atoms with Crippen LogP contribution >= 0.6 is 11.8 Å². The third-order valence-corrected chi connectivity index (χ3v) is 3.66. The molecule has 1 unspecified atom stereocenters. The van der Waals surface area contributed by atoms with Gasteiger partial charge >= 0.3 is 18.0 Å². The summed E-state index contributed by atoms with van der Waals surface area (Å²) in [6.07, 6.45) is -2.11. The van der Waals surface area contributed by atoms with E-state index in [1.165, 1.54) is 37.4 Å². The highest BCUT2D eigenvalue weighted by Crippen LogP contribution is 2.26. The second-order valence-electron chi connectivity index (χ2n) is 4.57. The van der Waals surface area contributed by atoms with Gasteiger partial charge in [0.05, 0.1) is 5.88 Å². The SMILES string of the molecule is CC(=O)OC(C)OC(=O)C1=C(COC(N)=O)CSCN1C(C)=O. The van der Waals surface area contributed by atoms with Crippen LogP contribution in [0.15, 0.2) is 11.3 Å². The first-order valence-electron chi connectivity index (χ1n) is 6.60. The van der Waals surface area contributed by atoms with E-state index in [4.69, 9.17) is 19.9 Å². The molecule has 10 heteroatoms. The fraction of sp³-hybridized carbons (Fsp3) is 0.538. The molecule has 0 saturated heterocycles. The molecule has 23 heavy (non-hydrogen) atoms. The molecule has 0 aromatic rings. The molecule has 0 saturated carbocycles. The van der Waals surface area contributed by atoms with Crippen molar-refractivity contribution < 1.29 is 33.4 Å². The van der Waals surface area contributed by atoms with E-state index in [-0.39, 0.29) is 24.1 Å². The summed E-state index contributed by atoms with van der Waals surface area (Å²) < 4.78 is 14.4. The molecule has 0 fully saturated rings. The largest absolute Gasteiger partial charge is 0.445 e. The standard InChI is InChI=1S/C13H18N2O7S/c1-7(16)15-6-23-5-10(4-20-13(14)19)11(15)12(18)22-9(3)21-8(2)17/h9H,4-6H2,1-3H3,(H2,14,19). The van der Waals surface area contributed by atoms with Gasteiger partial charge in [-0.15, -0.1) is 11.8 Å². The molecule has 1 rings (SSSR count). The Morgan fingerprint density at radius 2 is 1.91 bits per heavy atom. The van der Waals surface area contributed by atoms with Crippen LogP contribution in [0.5, 0.6) is 0 Å². The lowest BCUT2D eigenvalue weighted by molar-refractivity contribution is -0.181. The summed E-state index contributed by atoms with van der Waals surface area (Å²) in [4.78, 5) is 46.8. The van der Waals surface area contributed by atoms with Gasteiger partial charge in [0.2, 0.25) is 12.2 Å². The number of ether oxygens (including phenoxy) is 3. The zero-order valence-electron chi connectivity index (χ0n) is 13.0. The highest BCUT2D eigenvalue weighted by atomic mass is 32.2. The Labute approximate surface area is 137 Å². The fourth-order valence-electron chi connectivity index (χ4n) is 1.82. The van der Waals surface area contributed by atoms with E-state index >= 15 is 0 Å². The van der Waals surface area contributed by atoms with Crippen LogP contribution in [-0.4, -0.2) is 53.4 Å². The van der Waals surface area contributed by atoms with Gasteiger partial charge in [-0.25, -0.2) is 9.59 Å². The normalized spacial score (nSPS) is 15.7. The van der Waals surface area contributed by atoms with Crippen LogP contribution in [-0.2, 0) is 28.6 Å². The van der Waals surface area contributed by atoms with Crippen LogP contribution in [0.2, 0.25) is 0 Å². The van der Waals surface area contributed by atoms with Crippen molar-refractivity contribution in [2.24, 2.45) is 5.73 Å².